The molecule has 5 heteroatoms. The minimum absolute atomic E-state index is 0. The van der Waals surface area contributed by atoms with Crippen LogP contribution in [0.2, 0.25) is 0 Å². The van der Waals surface area contributed by atoms with Crippen molar-refractivity contribution < 1.29 is 35.1 Å². The number of carbonyl (C=O) groups is 1. The molecule has 1 N–H and O–H groups in total. The molecule has 0 unspecified atom stereocenters. The first-order valence-electron chi connectivity index (χ1n) is 4.99. The van der Waals surface area contributed by atoms with E-state index in [0.717, 1.165) is 0 Å². The number of aromatic hydroxyl groups is 1. The van der Waals surface area contributed by atoms with Crippen molar-refractivity contribution in [1.82, 2.24) is 4.90 Å². The fourth-order valence-electron chi connectivity index (χ4n) is 1.39. The molecular weight excluding hydrogens is 392 g/mol. The second kappa shape index (κ2) is 6.55. The molecule has 1 amide bonds. The van der Waals surface area contributed by atoms with Gasteiger partial charge in [0, 0.05) is 45.2 Å². The summed E-state index contributed by atoms with van der Waals surface area (Å²) in [4.78, 5) is 13.1. The third kappa shape index (κ3) is 3.67. The Hall–Kier alpha value is -1.15. The van der Waals surface area contributed by atoms with Crippen molar-refractivity contribution >= 4 is 12.0 Å². The minimum Gasteiger partial charge on any atom is -0.530 e. The molecule has 1 aromatic rings. The van der Waals surface area contributed by atoms with Gasteiger partial charge < -0.3 is 14.7 Å². The molecule has 1 radical (unpaired) electrons. The Bertz CT molecular complexity index is 414. The van der Waals surface area contributed by atoms with E-state index in [0.29, 0.717) is 18.7 Å². The first-order valence-corrected chi connectivity index (χ1v) is 4.99. The molecule has 17 heavy (non-hydrogen) atoms. The van der Waals surface area contributed by atoms with E-state index in [4.69, 9.17) is 4.74 Å². The average Bonchev–Trinajstić information content (AvgIpc) is 2.81. The molecule has 1 aliphatic rings. The number of hydrogen-bond acceptors (Lipinski definition) is 3. The van der Waals surface area contributed by atoms with Gasteiger partial charge in [-0.1, -0.05) is 18.2 Å². The molecule has 0 spiro atoms. The van der Waals surface area contributed by atoms with Gasteiger partial charge in [0.05, 0.1) is 0 Å². The van der Waals surface area contributed by atoms with Gasteiger partial charge in [0.1, 0.15) is 5.75 Å². The van der Waals surface area contributed by atoms with Crippen molar-refractivity contribution in [3.63, 3.8) is 0 Å². The maximum atomic E-state index is 11.6. The Balaban J connectivity index is 0.00000144. The smallest absolute Gasteiger partial charge is 0.219 e. The zero-order chi connectivity index (χ0) is 11.4. The summed E-state index contributed by atoms with van der Waals surface area (Å²) in [6.45, 7) is 2.53. The number of hydrogen-bond donors (Lipinski definition) is 1. The summed E-state index contributed by atoms with van der Waals surface area (Å²) in [5, 5.41) is 9.48. The zero-order valence-electron chi connectivity index (χ0n) is 9.04. The largest absolute Gasteiger partial charge is 0.530 e. The Morgan fingerprint density at radius 3 is 2.88 bits per heavy atom. The zero-order valence-corrected chi connectivity index (χ0v) is 11.8. The van der Waals surface area contributed by atoms with Crippen LogP contribution in [0.3, 0.4) is 0 Å². The van der Waals surface area contributed by atoms with Crippen molar-refractivity contribution in [2.75, 3.05) is 13.2 Å². The van der Waals surface area contributed by atoms with Gasteiger partial charge in [-0.25, -0.2) is 0 Å². The average molecular weight is 404 g/mol. The standard InChI is InChI=1S/C12H12NO3.Re/c14-11-4-2-1-3-10(11)5-6-12(15)13-7-8-16-9-13;/h1-6,9,14H,7-8H2;/q-1;/b6-5+;. The van der Waals surface area contributed by atoms with E-state index in [-0.39, 0.29) is 32.1 Å². The van der Waals surface area contributed by atoms with E-state index >= 15 is 0 Å². The number of amides is 1. The molecule has 4 nitrogen and oxygen atoms in total. The number of carbonyl (C=O) groups excluding carboxylic acids is 1. The fourth-order valence-corrected chi connectivity index (χ4v) is 1.39. The molecule has 0 saturated carbocycles. The molecule has 2 rings (SSSR count). The normalized spacial score (nSPS) is 14.9. The second-order valence-corrected chi connectivity index (χ2v) is 3.40. The van der Waals surface area contributed by atoms with E-state index in [2.05, 4.69) is 0 Å². The van der Waals surface area contributed by atoms with E-state index in [9.17, 15) is 9.90 Å². The van der Waals surface area contributed by atoms with Crippen LogP contribution in [-0.2, 0) is 30.0 Å². The number of rotatable bonds is 2. The van der Waals surface area contributed by atoms with Gasteiger partial charge in [-0.05, 0) is 12.1 Å². The quantitative estimate of drug-likeness (QED) is 0.599. The Labute approximate surface area is 114 Å². The van der Waals surface area contributed by atoms with Crippen LogP contribution in [0.4, 0.5) is 0 Å². The summed E-state index contributed by atoms with van der Waals surface area (Å²) in [5.74, 6) is 0.00829. The van der Waals surface area contributed by atoms with E-state index < -0.39 is 0 Å². The van der Waals surface area contributed by atoms with Crippen LogP contribution in [0.15, 0.2) is 30.3 Å². The van der Waals surface area contributed by atoms with Gasteiger partial charge in [0.2, 0.25) is 5.91 Å². The van der Waals surface area contributed by atoms with Gasteiger partial charge in [0.15, 0.2) is 0 Å². The molecule has 1 saturated heterocycles. The van der Waals surface area contributed by atoms with Crippen molar-refractivity contribution in [3.05, 3.63) is 42.6 Å². The molecule has 0 bridgehead atoms. The maximum Gasteiger partial charge on any atom is 0.219 e. The molecule has 1 aromatic carbocycles. The van der Waals surface area contributed by atoms with Crippen LogP contribution in [0, 0.1) is 6.73 Å². The van der Waals surface area contributed by atoms with E-state index in [1.54, 1.807) is 30.3 Å². The molecule has 91 valence electrons. The molecular formula is C12H12NO3Re-. The fraction of sp³-hybridized carbons (Fsp3) is 0.167. The van der Waals surface area contributed by atoms with Crippen LogP contribution in [0.1, 0.15) is 5.56 Å². The first kappa shape index (κ1) is 13.9. The Morgan fingerprint density at radius 1 is 1.47 bits per heavy atom. The third-order valence-corrected chi connectivity index (χ3v) is 2.28. The Morgan fingerprint density at radius 2 is 2.24 bits per heavy atom. The summed E-state index contributed by atoms with van der Waals surface area (Å²) in [5.41, 5.74) is 0.621. The summed E-state index contributed by atoms with van der Waals surface area (Å²) in [6, 6.07) is 6.85. The number of phenols is 1. The van der Waals surface area contributed by atoms with Gasteiger partial charge in [0.25, 0.3) is 0 Å². The molecule has 1 aliphatic heterocycles. The Kier molecular flexibility index (Phi) is 5.37. The van der Waals surface area contributed by atoms with Crippen LogP contribution in [-0.4, -0.2) is 29.1 Å². The van der Waals surface area contributed by atoms with Crippen molar-refractivity contribution in [3.8, 4) is 5.75 Å². The van der Waals surface area contributed by atoms with Crippen molar-refractivity contribution in [2.24, 2.45) is 0 Å². The molecule has 0 aliphatic carbocycles. The number of benzene rings is 1. The van der Waals surface area contributed by atoms with Crippen LogP contribution in [0.5, 0.6) is 5.75 Å². The van der Waals surface area contributed by atoms with Gasteiger partial charge in [-0.15, -0.1) is 6.73 Å². The predicted octanol–water partition coefficient (Wildman–Crippen LogP) is 1.38. The number of para-hydroxylation sites is 1. The van der Waals surface area contributed by atoms with Crippen molar-refractivity contribution in [1.29, 1.82) is 0 Å². The summed E-state index contributed by atoms with van der Waals surface area (Å²) in [7, 11) is 0. The summed E-state index contributed by atoms with van der Waals surface area (Å²) < 4.78 is 4.95. The molecule has 0 aromatic heterocycles. The van der Waals surface area contributed by atoms with Gasteiger partial charge >= 0.3 is 0 Å². The maximum absolute atomic E-state index is 11.6. The number of phenolic OH excluding ortho intramolecular Hbond substituents is 1. The number of ether oxygens (including phenoxy) is 1. The van der Waals surface area contributed by atoms with E-state index in [1.807, 2.05) is 0 Å². The number of nitrogens with zero attached hydrogens (tertiary/aromatic N) is 1. The molecule has 0 atom stereocenters. The minimum atomic E-state index is -0.152. The molecule has 1 heterocycles. The first-order chi connectivity index (χ1) is 7.77. The SMILES string of the molecule is O=C(/C=C/c1ccccc1O)N1[CH-]OCC1.[Re]. The topological polar surface area (TPSA) is 49.8 Å². The van der Waals surface area contributed by atoms with E-state index in [1.165, 1.54) is 17.7 Å². The summed E-state index contributed by atoms with van der Waals surface area (Å²) >= 11 is 0. The van der Waals surface area contributed by atoms with Crippen LogP contribution >= 0.6 is 0 Å². The van der Waals surface area contributed by atoms with Crippen LogP contribution in [0.25, 0.3) is 6.08 Å². The monoisotopic (exact) mass is 405 g/mol. The molecule has 1 fully saturated rings. The third-order valence-electron chi connectivity index (χ3n) is 2.28. The summed E-state index contributed by atoms with van der Waals surface area (Å²) in [6.07, 6.45) is 3.00. The predicted molar refractivity (Wildman–Crippen MR) is 59.1 cm³/mol. The van der Waals surface area contributed by atoms with Gasteiger partial charge in [-0.2, -0.15) is 0 Å². The van der Waals surface area contributed by atoms with Gasteiger partial charge in [-0.3, -0.25) is 4.79 Å². The van der Waals surface area contributed by atoms with Crippen molar-refractivity contribution in [2.45, 2.75) is 0 Å². The van der Waals surface area contributed by atoms with Crippen LogP contribution < -0.4 is 0 Å². The second-order valence-electron chi connectivity index (χ2n) is 3.40.